The molecule has 0 aliphatic heterocycles. The number of hydrogen-bond donors (Lipinski definition) is 2. The van der Waals surface area contributed by atoms with Crippen LogP contribution in [-0.4, -0.2) is 43.8 Å². The van der Waals surface area contributed by atoms with Crippen molar-refractivity contribution in [2.45, 2.75) is 63.2 Å². The molecule has 3 N–H and O–H groups in total. The number of nitrogens with one attached hydrogen (secondary N) is 1. The van der Waals surface area contributed by atoms with Crippen LogP contribution in [0.25, 0.3) is 5.52 Å². The number of fused-ring (bicyclic) bond motifs is 1. The normalized spacial score (nSPS) is 19.0. The summed E-state index contributed by atoms with van der Waals surface area (Å²) in [6.45, 7) is 0.463. The summed E-state index contributed by atoms with van der Waals surface area (Å²) >= 11 is 0. The molecule has 6 rings (SSSR count). The molecule has 39 heavy (non-hydrogen) atoms. The van der Waals surface area contributed by atoms with Crippen LogP contribution in [0.15, 0.2) is 60.8 Å². The fourth-order valence-corrected chi connectivity index (χ4v) is 5.12. The van der Waals surface area contributed by atoms with Crippen molar-refractivity contribution in [2.75, 3.05) is 0 Å². The van der Waals surface area contributed by atoms with Crippen LogP contribution in [0.2, 0.25) is 0 Å². The van der Waals surface area contributed by atoms with Crippen LogP contribution in [0.5, 0.6) is 11.6 Å². The third kappa shape index (κ3) is 5.41. The van der Waals surface area contributed by atoms with Gasteiger partial charge >= 0.3 is 0 Å². The molecule has 0 bridgehead atoms. The van der Waals surface area contributed by atoms with Crippen LogP contribution >= 0.6 is 0 Å². The molecule has 0 spiro atoms. The molecular weight excluding hydrogens is 496 g/mol. The third-order valence-corrected chi connectivity index (χ3v) is 7.32. The summed E-state index contributed by atoms with van der Waals surface area (Å²) < 4.78 is 13.9. The molecule has 0 atom stereocenters. The lowest BCUT2D eigenvalue weighted by Crippen LogP contribution is -2.40. The molecule has 10 nitrogen and oxygen atoms in total. The van der Waals surface area contributed by atoms with Gasteiger partial charge in [0, 0.05) is 18.2 Å². The van der Waals surface area contributed by atoms with Gasteiger partial charge in [-0.25, -0.2) is 9.50 Å². The van der Waals surface area contributed by atoms with Crippen molar-refractivity contribution < 1.29 is 19.1 Å². The van der Waals surface area contributed by atoms with E-state index < -0.39 is 5.91 Å². The Balaban J connectivity index is 1.11. The van der Waals surface area contributed by atoms with Gasteiger partial charge in [-0.15, -0.1) is 5.10 Å². The maximum atomic E-state index is 13.2. The summed E-state index contributed by atoms with van der Waals surface area (Å²) in [5.74, 6) is 0.569. The zero-order chi connectivity index (χ0) is 26.8. The highest BCUT2D eigenvalue weighted by Gasteiger charge is 2.32. The molecule has 200 valence electrons. The molecule has 2 aliphatic rings. The zero-order valence-corrected chi connectivity index (χ0v) is 21.5. The minimum atomic E-state index is -0.570. The minimum Gasteiger partial charge on any atom is -0.487 e. The zero-order valence-electron chi connectivity index (χ0n) is 21.5. The second-order valence-corrected chi connectivity index (χ2v) is 10.2. The number of nitrogens with zero attached hydrogens (tertiary/aromatic N) is 4. The second kappa shape index (κ2) is 10.7. The highest BCUT2D eigenvalue weighted by Crippen LogP contribution is 2.44. The average molecular weight is 527 g/mol. The summed E-state index contributed by atoms with van der Waals surface area (Å²) in [6.07, 6.45) is 6.50. The predicted molar refractivity (Wildman–Crippen MR) is 143 cm³/mol. The standard InChI is InChI=1S/C29H30N6O4/c30-27(36)22-7-4-16-31-29(22)39-21-12-10-20(11-13-21)32-28(37)25-23-14-15-24(38-17-18-5-2-1-3-6-18)26(19-8-9-19)35(23)34-33-25/h1-7,14-16,19-21H,8-13,17H2,(H2,30,36)(H,32,37)/t20-,21-. The molecular formula is C29H30N6O4. The molecule has 0 saturated heterocycles. The van der Waals surface area contributed by atoms with Crippen LogP contribution in [-0.2, 0) is 6.61 Å². The Morgan fingerprint density at radius 3 is 2.51 bits per heavy atom. The first-order valence-corrected chi connectivity index (χ1v) is 13.3. The van der Waals surface area contributed by atoms with Gasteiger partial charge in [-0.3, -0.25) is 9.59 Å². The van der Waals surface area contributed by atoms with Crippen molar-refractivity contribution in [3.05, 3.63) is 83.3 Å². The minimum absolute atomic E-state index is 0.00942. The number of benzene rings is 1. The number of rotatable bonds is 9. The average Bonchev–Trinajstić information content (AvgIpc) is 3.70. The number of ether oxygens (including phenoxy) is 2. The molecule has 0 radical (unpaired) electrons. The summed E-state index contributed by atoms with van der Waals surface area (Å²) in [5.41, 5.74) is 8.75. The molecule has 10 heteroatoms. The van der Waals surface area contributed by atoms with Crippen molar-refractivity contribution in [1.82, 2.24) is 25.1 Å². The summed E-state index contributed by atoms with van der Waals surface area (Å²) in [7, 11) is 0. The van der Waals surface area contributed by atoms with Crippen molar-refractivity contribution in [3.8, 4) is 11.6 Å². The van der Waals surface area contributed by atoms with E-state index in [1.807, 2.05) is 42.5 Å². The Kier molecular flexibility index (Phi) is 6.83. The smallest absolute Gasteiger partial charge is 0.274 e. The van der Waals surface area contributed by atoms with E-state index >= 15 is 0 Å². The van der Waals surface area contributed by atoms with Gasteiger partial charge in [0.2, 0.25) is 5.88 Å². The lowest BCUT2D eigenvalue weighted by atomic mass is 9.93. The van der Waals surface area contributed by atoms with E-state index in [9.17, 15) is 9.59 Å². The first kappa shape index (κ1) is 24.8. The van der Waals surface area contributed by atoms with E-state index in [1.165, 1.54) is 0 Å². The van der Waals surface area contributed by atoms with Crippen molar-refractivity contribution in [1.29, 1.82) is 0 Å². The molecule has 3 heterocycles. The molecule has 2 amide bonds. The van der Waals surface area contributed by atoms with Crippen molar-refractivity contribution in [2.24, 2.45) is 5.73 Å². The number of pyridine rings is 2. The molecule has 3 aromatic heterocycles. The summed E-state index contributed by atoms with van der Waals surface area (Å²) in [4.78, 5) is 29.0. The molecule has 0 unspecified atom stereocenters. The largest absolute Gasteiger partial charge is 0.487 e. The lowest BCUT2D eigenvalue weighted by molar-refractivity contribution is 0.0878. The number of aromatic nitrogens is 4. The van der Waals surface area contributed by atoms with E-state index in [0.717, 1.165) is 55.5 Å². The fraction of sp³-hybridized carbons (Fsp3) is 0.345. The first-order chi connectivity index (χ1) is 19.1. The van der Waals surface area contributed by atoms with E-state index in [0.29, 0.717) is 23.7 Å². The summed E-state index contributed by atoms with van der Waals surface area (Å²) in [6, 6.07) is 17.1. The van der Waals surface area contributed by atoms with Crippen LogP contribution in [0.1, 0.15) is 76.5 Å². The molecule has 2 fully saturated rings. The Hall–Kier alpha value is -4.47. The maximum Gasteiger partial charge on any atom is 0.274 e. The van der Waals surface area contributed by atoms with Crippen molar-refractivity contribution in [3.63, 3.8) is 0 Å². The molecule has 2 aliphatic carbocycles. The van der Waals surface area contributed by atoms with E-state index in [1.54, 1.807) is 22.8 Å². The predicted octanol–water partition coefficient (Wildman–Crippen LogP) is 3.80. The molecule has 2 saturated carbocycles. The Labute approximate surface area is 225 Å². The highest BCUT2D eigenvalue weighted by molar-refractivity contribution is 5.99. The number of carbonyl (C=O) groups is 2. The number of nitrogens with two attached hydrogens (primary N) is 1. The van der Waals surface area contributed by atoms with E-state index in [-0.39, 0.29) is 29.5 Å². The Morgan fingerprint density at radius 1 is 0.974 bits per heavy atom. The number of hydrogen-bond acceptors (Lipinski definition) is 7. The lowest BCUT2D eigenvalue weighted by Gasteiger charge is -2.29. The monoisotopic (exact) mass is 526 g/mol. The third-order valence-electron chi connectivity index (χ3n) is 7.32. The van der Waals surface area contributed by atoms with E-state index in [4.69, 9.17) is 15.2 Å². The quantitative estimate of drug-likeness (QED) is 0.339. The highest BCUT2D eigenvalue weighted by atomic mass is 16.5. The van der Waals surface area contributed by atoms with Gasteiger partial charge in [-0.2, -0.15) is 0 Å². The van der Waals surface area contributed by atoms with Crippen LogP contribution < -0.4 is 20.5 Å². The topological polar surface area (TPSA) is 134 Å². The maximum absolute atomic E-state index is 13.2. The number of carbonyl (C=O) groups excluding carboxylic acids is 2. The Morgan fingerprint density at radius 2 is 1.77 bits per heavy atom. The second-order valence-electron chi connectivity index (χ2n) is 10.2. The molecule has 1 aromatic carbocycles. The van der Waals surface area contributed by atoms with Crippen LogP contribution in [0.4, 0.5) is 0 Å². The van der Waals surface area contributed by atoms with Gasteiger partial charge in [0.25, 0.3) is 11.8 Å². The van der Waals surface area contributed by atoms with Gasteiger partial charge in [0.15, 0.2) is 5.69 Å². The van der Waals surface area contributed by atoms with Crippen LogP contribution in [0, 0.1) is 0 Å². The van der Waals surface area contributed by atoms with Gasteiger partial charge < -0.3 is 20.5 Å². The van der Waals surface area contributed by atoms with Gasteiger partial charge in [-0.1, -0.05) is 35.5 Å². The first-order valence-electron chi connectivity index (χ1n) is 13.3. The van der Waals surface area contributed by atoms with Gasteiger partial charge in [0.1, 0.15) is 29.5 Å². The van der Waals surface area contributed by atoms with Gasteiger partial charge in [-0.05, 0) is 68.4 Å². The van der Waals surface area contributed by atoms with Crippen molar-refractivity contribution >= 4 is 17.3 Å². The number of primary amides is 1. The van der Waals surface area contributed by atoms with Crippen LogP contribution in [0.3, 0.4) is 0 Å². The van der Waals surface area contributed by atoms with Gasteiger partial charge in [0.05, 0.1) is 5.69 Å². The SMILES string of the molecule is NC(=O)c1cccnc1O[C@H]1CC[C@H](NC(=O)c2nnn3c(C4CC4)c(OCc4ccccc4)ccc23)CC1. The fourth-order valence-electron chi connectivity index (χ4n) is 5.12. The Bertz CT molecular complexity index is 1490. The molecule has 4 aromatic rings. The number of amides is 2. The summed E-state index contributed by atoms with van der Waals surface area (Å²) in [5, 5.41) is 11.7. The van der Waals surface area contributed by atoms with E-state index in [2.05, 4.69) is 20.6 Å².